The van der Waals surface area contributed by atoms with Gasteiger partial charge in [-0.3, -0.25) is 4.79 Å². The summed E-state index contributed by atoms with van der Waals surface area (Å²) in [5.41, 5.74) is 4.17. The summed E-state index contributed by atoms with van der Waals surface area (Å²) in [5.74, 6) is -0.171. The van der Waals surface area contributed by atoms with E-state index in [2.05, 4.69) is 15.0 Å². The predicted molar refractivity (Wildman–Crippen MR) is 125 cm³/mol. The molecule has 1 saturated carbocycles. The van der Waals surface area contributed by atoms with Crippen molar-refractivity contribution in [1.82, 2.24) is 10.1 Å². The molecular weight excluding hydrogens is 442 g/mol. The number of β-amino-alcohol motifs (C(OH)–C–C–N with tert-alkyl or cyclic N) is 1. The lowest BCUT2D eigenvalue weighted by Gasteiger charge is -2.18. The number of halogens is 1. The fourth-order valence-electron chi connectivity index (χ4n) is 4.57. The van der Waals surface area contributed by atoms with Crippen LogP contribution < -0.4 is 4.90 Å². The van der Waals surface area contributed by atoms with Gasteiger partial charge >= 0.3 is 0 Å². The Bertz CT molecular complexity index is 1370. The van der Waals surface area contributed by atoms with Crippen LogP contribution in [0.2, 0.25) is 5.02 Å². The molecule has 2 aliphatic rings. The fourth-order valence-corrected chi connectivity index (χ4v) is 4.84. The summed E-state index contributed by atoms with van der Waals surface area (Å²) in [5, 5.41) is 25.4. The first kappa shape index (κ1) is 20.3. The summed E-state index contributed by atoms with van der Waals surface area (Å²) in [6.07, 6.45) is 2.59. The third kappa shape index (κ3) is 3.57. The van der Waals surface area contributed by atoms with Crippen molar-refractivity contribution in [2.45, 2.75) is 31.3 Å². The number of nitrogens with zero attached hydrogens (tertiary/aromatic N) is 2. The maximum atomic E-state index is 13.2. The molecule has 1 atom stereocenters. The van der Waals surface area contributed by atoms with Crippen LogP contribution in [0.5, 0.6) is 5.88 Å². The van der Waals surface area contributed by atoms with Crippen molar-refractivity contribution in [2.75, 3.05) is 18.0 Å². The summed E-state index contributed by atoms with van der Waals surface area (Å²) < 4.78 is 5.29. The third-order valence-corrected chi connectivity index (χ3v) is 6.86. The molecule has 1 saturated heterocycles. The van der Waals surface area contributed by atoms with E-state index in [9.17, 15) is 15.0 Å². The minimum Gasteiger partial charge on any atom is -0.494 e. The van der Waals surface area contributed by atoms with E-state index < -0.39 is 5.78 Å². The Balaban J connectivity index is 1.37. The van der Waals surface area contributed by atoms with Crippen molar-refractivity contribution in [1.29, 1.82) is 0 Å². The molecule has 0 bridgehead atoms. The second-order valence-corrected chi connectivity index (χ2v) is 9.29. The molecular formula is C25H22ClN3O4. The third-order valence-electron chi connectivity index (χ3n) is 6.55. The number of carbonyl (C=O) groups excluding carboxylic acids is 1. The first-order valence-corrected chi connectivity index (χ1v) is 11.4. The minimum atomic E-state index is -0.422. The van der Waals surface area contributed by atoms with E-state index in [4.69, 9.17) is 16.1 Å². The Labute approximate surface area is 194 Å². The Morgan fingerprint density at radius 2 is 1.94 bits per heavy atom. The molecule has 1 unspecified atom stereocenters. The highest BCUT2D eigenvalue weighted by molar-refractivity contribution is 6.34. The van der Waals surface area contributed by atoms with Gasteiger partial charge < -0.3 is 24.6 Å². The number of hydrogen-bond acceptors (Lipinski definition) is 6. The zero-order valence-corrected chi connectivity index (χ0v) is 18.5. The topological polar surface area (TPSA) is 103 Å². The molecule has 1 aliphatic heterocycles. The van der Waals surface area contributed by atoms with Gasteiger partial charge in [0.1, 0.15) is 0 Å². The van der Waals surface area contributed by atoms with Gasteiger partial charge in [0.2, 0.25) is 17.4 Å². The van der Waals surface area contributed by atoms with Crippen LogP contribution in [0.4, 0.5) is 5.69 Å². The number of hydrogen-bond donors (Lipinski definition) is 3. The molecule has 2 aromatic carbocycles. The Morgan fingerprint density at radius 1 is 1.15 bits per heavy atom. The van der Waals surface area contributed by atoms with Gasteiger partial charge in [0.15, 0.2) is 0 Å². The summed E-state index contributed by atoms with van der Waals surface area (Å²) in [7, 11) is 0. The van der Waals surface area contributed by atoms with E-state index >= 15 is 0 Å². The van der Waals surface area contributed by atoms with Crippen molar-refractivity contribution in [3.05, 3.63) is 64.5 Å². The largest absolute Gasteiger partial charge is 0.494 e. The second-order valence-electron chi connectivity index (χ2n) is 8.88. The van der Waals surface area contributed by atoms with E-state index in [0.29, 0.717) is 28.4 Å². The van der Waals surface area contributed by atoms with Crippen LogP contribution >= 0.6 is 11.6 Å². The number of nitrogens with one attached hydrogen (secondary N) is 1. The molecule has 0 radical (unpaired) electrons. The van der Waals surface area contributed by atoms with Crippen LogP contribution in [0.1, 0.15) is 47.0 Å². The van der Waals surface area contributed by atoms with Crippen LogP contribution in [0.15, 0.2) is 47.0 Å². The maximum Gasteiger partial charge on any atom is 0.237 e. The number of fused-ring (bicyclic) bond motifs is 1. The quantitative estimate of drug-likeness (QED) is 0.365. The van der Waals surface area contributed by atoms with Gasteiger partial charge in [-0.05, 0) is 49.1 Å². The molecule has 0 amide bonds. The number of ketones is 1. The van der Waals surface area contributed by atoms with E-state index in [-0.39, 0.29) is 23.3 Å². The maximum absolute atomic E-state index is 13.2. The van der Waals surface area contributed by atoms with Crippen LogP contribution in [-0.2, 0) is 0 Å². The molecule has 8 heteroatoms. The number of aromatic amines is 1. The normalized spacial score (nSPS) is 18.4. The first-order chi connectivity index (χ1) is 16.0. The molecule has 3 N–H and O–H groups in total. The van der Waals surface area contributed by atoms with E-state index in [0.717, 1.165) is 48.3 Å². The van der Waals surface area contributed by atoms with Gasteiger partial charge in [-0.2, -0.15) is 0 Å². The number of benzene rings is 2. The molecule has 168 valence electrons. The molecule has 3 heterocycles. The zero-order chi connectivity index (χ0) is 22.7. The fraction of sp³-hybridized carbons (Fsp3) is 0.280. The van der Waals surface area contributed by atoms with Crippen molar-refractivity contribution < 1.29 is 19.5 Å². The Morgan fingerprint density at radius 3 is 2.64 bits per heavy atom. The van der Waals surface area contributed by atoms with E-state index in [1.807, 2.05) is 30.3 Å². The van der Waals surface area contributed by atoms with Crippen LogP contribution in [0.25, 0.3) is 22.0 Å². The highest BCUT2D eigenvalue weighted by Gasteiger charge is 2.30. The van der Waals surface area contributed by atoms with Crippen LogP contribution in [0, 0.1) is 0 Å². The van der Waals surface area contributed by atoms with Gasteiger partial charge in [-0.15, -0.1) is 0 Å². The molecule has 1 aliphatic carbocycles. The number of H-pyrrole nitrogens is 1. The number of carbonyl (C=O) groups is 1. The molecule has 33 heavy (non-hydrogen) atoms. The molecule has 2 fully saturated rings. The van der Waals surface area contributed by atoms with Crippen LogP contribution in [0.3, 0.4) is 0 Å². The second kappa shape index (κ2) is 7.64. The molecule has 0 spiro atoms. The monoisotopic (exact) mass is 463 g/mol. The van der Waals surface area contributed by atoms with E-state index in [1.165, 1.54) is 0 Å². The summed E-state index contributed by atoms with van der Waals surface area (Å²) in [6, 6.07) is 13.1. The number of aliphatic hydroxyl groups is 1. The standard InChI is InChI=1S/C25H22ClN3O4/c26-19-10-21-18(9-17(19)13-3-5-15(6-4-13)29-8-7-16(30)12-29)23(25(32)27-21)24(31)22-11-20(28-33-22)14-1-2-14/h3-6,9-11,14,16,27,30,32H,1-2,7-8,12H2. The number of aromatic nitrogens is 2. The van der Waals surface area contributed by atoms with Gasteiger partial charge in [0, 0.05) is 41.7 Å². The van der Waals surface area contributed by atoms with Crippen molar-refractivity contribution in [2.24, 2.45) is 0 Å². The van der Waals surface area contributed by atoms with Crippen LogP contribution in [-0.4, -0.2) is 45.3 Å². The Kier molecular flexibility index (Phi) is 4.71. The SMILES string of the molecule is O=C(c1cc(C2CC2)no1)c1c(O)[nH]c2cc(Cl)c(-c3ccc(N4CCC(O)C4)cc3)cc12. The molecule has 4 aromatic rings. The smallest absolute Gasteiger partial charge is 0.237 e. The minimum absolute atomic E-state index is 0.113. The van der Waals surface area contributed by atoms with Gasteiger partial charge in [0.25, 0.3) is 0 Å². The number of aromatic hydroxyl groups is 1. The highest BCUT2D eigenvalue weighted by atomic mass is 35.5. The lowest BCUT2D eigenvalue weighted by molar-refractivity contribution is 0.0999. The van der Waals surface area contributed by atoms with Crippen molar-refractivity contribution in [3.63, 3.8) is 0 Å². The summed E-state index contributed by atoms with van der Waals surface area (Å²) >= 11 is 6.57. The average Bonchev–Trinajstić information content (AvgIpc) is 3.22. The molecule has 6 rings (SSSR count). The van der Waals surface area contributed by atoms with Gasteiger partial charge in [-0.25, -0.2) is 0 Å². The zero-order valence-electron chi connectivity index (χ0n) is 17.7. The lowest BCUT2D eigenvalue weighted by Crippen LogP contribution is -2.20. The lowest BCUT2D eigenvalue weighted by atomic mass is 10.00. The van der Waals surface area contributed by atoms with Crippen molar-refractivity contribution in [3.8, 4) is 17.0 Å². The van der Waals surface area contributed by atoms with Gasteiger partial charge in [0.05, 0.1) is 27.9 Å². The molecule has 2 aromatic heterocycles. The highest BCUT2D eigenvalue weighted by Crippen LogP contribution is 2.41. The first-order valence-electron chi connectivity index (χ1n) is 11.1. The number of anilines is 1. The summed E-state index contributed by atoms with van der Waals surface area (Å²) in [6.45, 7) is 1.45. The predicted octanol–water partition coefficient (Wildman–Crippen LogP) is 4.86. The average molecular weight is 464 g/mol. The van der Waals surface area contributed by atoms with E-state index in [1.54, 1.807) is 12.1 Å². The molecule has 7 nitrogen and oxygen atoms in total. The summed E-state index contributed by atoms with van der Waals surface area (Å²) in [4.78, 5) is 18.2. The Hall–Kier alpha value is -3.29. The number of rotatable bonds is 5. The number of aliphatic hydroxyl groups excluding tert-OH is 1. The van der Waals surface area contributed by atoms with Gasteiger partial charge in [-0.1, -0.05) is 28.9 Å². The van der Waals surface area contributed by atoms with Crippen molar-refractivity contribution >= 4 is 34.0 Å².